The summed E-state index contributed by atoms with van der Waals surface area (Å²) in [6.07, 6.45) is 0. The molecular weight excluding hydrogens is 322 g/mol. The van der Waals surface area contributed by atoms with Crippen LogP contribution >= 0.6 is 27.3 Å². The van der Waals surface area contributed by atoms with E-state index in [4.69, 9.17) is 0 Å². The standard InChI is InChI=1S/C15H16BrNOS/c1-15(2,3)14(18)17-13-9-8-12(19-13)10-4-6-11(16)7-5-10/h4-9H,1-3H3,(H,17,18). The second-order valence-corrected chi connectivity index (χ2v) is 7.37. The highest BCUT2D eigenvalue weighted by molar-refractivity contribution is 9.10. The SMILES string of the molecule is CC(C)(C)C(=O)Nc1ccc(-c2ccc(Br)cc2)s1. The molecule has 0 bridgehead atoms. The van der Waals surface area contributed by atoms with Crippen LogP contribution < -0.4 is 5.32 Å². The third-order valence-electron chi connectivity index (χ3n) is 2.65. The highest BCUT2D eigenvalue weighted by Crippen LogP contribution is 2.32. The van der Waals surface area contributed by atoms with Gasteiger partial charge in [-0.1, -0.05) is 48.8 Å². The van der Waals surface area contributed by atoms with E-state index in [1.807, 2.05) is 45.0 Å². The molecule has 2 nitrogen and oxygen atoms in total. The molecule has 0 saturated carbocycles. The molecule has 1 amide bonds. The summed E-state index contributed by atoms with van der Waals surface area (Å²) < 4.78 is 1.06. The molecule has 100 valence electrons. The van der Waals surface area contributed by atoms with Gasteiger partial charge in [0.05, 0.1) is 5.00 Å². The first-order valence-electron chi connectivity index (χ1n) is 6.03. The topological polar surface area (TPSA) is 29.1 Å². The fourth-order valence-corrected chi connectivity index (χ4v) is 2.64. The zero-order valence-corrected chi connectivity index (χ0v) is 13.6. The predicted molar refractivity (Wildman–Crippen MR) is 85.5 cm³/mol. The molecule has 1 heterocycles. The van der Waals surface area contributed by atoms with Crippen molar-refractivity contribution in [2.75, 3.05) is 5.32 Å². The molecule has 1 N–H and O–H groups in total. The lowest BCUT2D eigenvalue weighted by Crippen LogP contribution is -2.27. The predicted octanol–water partition coefficient (Wildman–Crippen LogP) is 5.16. The van der Waals surface area contributed by atoms with Gasteiger partial charge < -0.3 is 5.32 Å². The average molecular weight is 338 g/mol. The molecule has 1 aromatic carbocycles. The van der Waals surface area contributed by atoms with E-state index < -0.39 is 0 Å². The summed E-state index contributed by atoms with van der Waals surface area (Å²) in [6, 6.07) is 12.1. The molecule has 19 heavy (non-hydrogen) atoms. The summed E-state index contributed by atoms with van der Waals surface area (Å²) in [5, 5.41) is 3.84. The fourth-order valence-electron chi connectivity index (χ4n) is 1.47. The highest BCUT2D eigenvalue weighted by Gasteiger charge is 2.21. The van der Waals surface area contributed by atoms with Crippen molar-refractivity contribution in [2.24, 2.45) is 5.41 Å². The molecule has 2 aromatic rings. The molecule has 1 aromatic heterocycles. The van der Waals surface area contributed by atoms with E-state index in [2.05, 4.69) is 33.4 Å². The molecule has 0 unspecified atom stereocenters. The van der Waals surface area contributed by atoms with Crippen molar-refractivity contribution >= 4 is 38.2 Å². The monoisotopic (exact) mass is 337 g/mol. The van der Waals surface area contributed by atoms with Crippen molar-refractivity contribution in [3.05, 3.63) is 40.9 Å². The normalized spacial score (nSPS) is 11.4. The number of anilines is 1. The van der Waals surface area contributed by atoms with E-state index in [0.29, 0.717) is 0 Å². The molecule has 0 radical (unpaired) electrons. The molecule has 0 fully saturated rings. The molecule has 0 aliphatic rings. The van der Waals surface area contributed by atoms with Crippen LogP contribution in [0.15, 0.2) is 40.9 Å². The minimum atomic E-state index is -0.373. The summed E-state index contributed by atoms with van der Waals surface area (Å²) in [5.41, 5.74) is 0.784. The van der Waals surface area contributed by atoms with Gasteiger partial charge in [-0.2, -0.15) is 0 Å². The zero-order chi connectivity index (χ0) is 14.0. The maximum absolute atomic E-state index is 11.9. The molecule has 0 aliphatic heterocycles. The van der Waals surface area contributed by atoms with E-state index in [0.717, 1.165) is 19.9 Å². The van der Waals surface area contributed by atoms with Gasteiger partial charge in [-0.25, -0.2) is 0 Å². The molecule has 0 spiro atoms. The third kappa shape index (κ3) is 3.67. The first kappa shape index (κ1) is 14.3. The van der Waals surface area contributed by atoms with Gasteiger partial charge in [0.2, 0.25) is 5.91 Å². The van der Waals surface area contributed by atoms with Crippen LogP contribution in [0.2, 0.25) is 0 Å². The summed E-state index contributed by atoms with van der Waals surface area (Å²) in [7, 11) is 0. The Kier molecular flexibility index (Phi) is 4.11. The Morgan fingerprint density at radius 2 is 1.74 bits per heavy atom. The highest BCUT2D eigenvalue weighted by atomic mass is 79.9. The quantitative estimate of drug-likeness (QED) is 0.805. The van der Waals surface area contributed by atoms with Gasteiger partial charge in [-0.15, -0.1) is 11.3 Å². The van der Waals surface area contributed by atoms with E-state index >= 15 is 0 Å². The smallest absolute Gasteiger partial charge is 0.230 e. The van der Waals surface area contributed by atoms with Gasteiger partial charge in [-0.05, 0) is 29.8 Å². The summed E-state index contributed by atoms with van der Waals surface area (Å²) in [6.45, 7) is 5.72. The molecule has 0 saturated heterocycles. The number of amides is 1. The number of benzene rings is 1. The number of nitrogens with one attached hydrogen (secondary N) is 1. The van der Waals surface area contributed by atoms with E-state index in [1.54, 1.807) is 11.3 Å². The van der Waals surface area contributed by atoms with Gasteiger partial charge in [0.1, 0.15) is 0 Å². The van der Waals surface area contributed by atoms with Crippen LogP contribution in [-0.4, -0.2) is 5.91 Å². The number of hydrogen-bond donors (Lipinski definition) is 1. The summed E-state index contributed by atoms with van der Waals surface area (Å²) in [4.78, 5) is 13.1. The molecule has 0 aliphatic carbocycles. The lowest BCUT2D eigenvalue weighted by atomic mass is 9.96. The van der Waals surface area contributed by atoms with Gasteiger partial charge >= 0.3 is 0 Å². The Balaban J connectivity index is 2.16. The lowest BCUT2D eigenvalue weighted by molar-refractivity contribution is -0.123. The van der Waals surface area contributed by atoms with Crippen molar-refractivity contribution in [1.29, 1.82) is 0 Å². The van der Waals surface area contributed by atoms with E-state index in [9.17, 15) is 4.79 Å². The number of thiophene rings is 1. The van der Waals surface area contributed by atoms with Crippen molar-refractivity contribution in [2.45, 2.75) is 20.8 Å². The molecule has 0 atom stereocenters. The number of hydrogen-bond acceptors (Lipinski definition) is 2. The fraction of sp³-hybridized carbons (Fsp3) is 0.267. The molecule has 4 heteroatoms. The van der Waals surface area contributed by atoms with Crippen LogP contribution in [0.4, 0.5) is 5.00 Å². The minimum absolute atomic E-state index is 0.0386. The van der Waals surface area contributed by atoms with Gasteiger partial charge in [0.25, 0.3) is 0 Å². The largest absolute Gasteiger partial charge is 0.317 e. The Bertz CT molecular complexity index is 581. The minimum Gasteiger partial charge on any atom is -0.317 e. The number of halogens is 1. The zero-order valence-electron chi connectivity index (χ0n) is 11.2. The summed E-state index contributed by atoms with van der Waals surface area (Å²) in [5.74, 6) is 0.0386. The van der Waals surface area contributed by atoms with Crippen LogP contribution in [0.1, 0.15) is 20.8 Å². The Morgan fingerprint density at radius 1 is 1.11 bits per heavy atom. The first-order valence-corrected chi connectivity index (χ1v) is 7.64. The second kappa shape index (κ2) is 5.47. The first-order chi connectivity index (χ1) is 8.86. The van der Waals surface area contributed by atoms with Crippen molar-refractivity contribution in [3.63, 3.8) is 0 Å². The van der Waals surface area contributed by atoms with Gasteiger partial charge in [0, 0.05) is 14.8 Å². The van der Waals surface area contributed by atoms with Crippen LogP contribution in [0.3, 0.4) is 0 Å². The maximum atomic E-state index is 11.9. The molecular formula is C15H16BrNOS. The van der Waals surface area contributed by atoms with Crippen LogP contribution in [-0.2, 0) is 4.79 Å². The number of carbonyl (C=O) groups is 1. The average Bonchev–Trinajstić information content (AvgIpc) is 2.77. The number of rotatable bonds is 2. The van der Waals surface area contributed by atoms with Crippen molar-refractivity contribution < 1.29 is 4.79 Å². The van der Waals surface area contributed by atoms with Crippen LogP contribution in [0.5, 0.6) is 0 Å². The third-order valence-corrected chi connectivity index (χ3v) is 4.23. The summed E-state index contributed by atoms with van der Waals surface area (Å²) >= 11 is 5.01. The van der Waals surface area contributed by atoms with Crippen molar-refractivity contribution in [3.8, 4) is 10.4 Å². The van der Waals surface area contributed by atoms with Gasteiger partial charge in [0.15, 0.2) is 0 Å². The number of carbonyl (C=O) groups excluding carboxylic acids is 1. The Morgan fingerprint density at radius 3 is 2.32 bits per heavy atom. The maximum Gasteiger partial charge on any atom is 0.230 e. The lowest BCUT2D eigenvalue weighted by Gasteiger charge is -2.16. The van der Waals surface area contributed by atoms with Crippen LogP contribution in [0, 0.1) is 5.41 Å². The van der Waals surface area contributed by atoms with Crippen molar-refractivity contribution in [1.82, 2.24) is 0 Å². The van der Waals surface area contributed by atoms with Crippen LogP contribution in [0.25, 0.3) is 10.4 Å². The van der Waals surface area contributed by atoms with E-state index in [1.165, 1.54) is 0 Å². The Labute approximate surface area is 126 Å². The Hall–Kier alpha value is -1.13. The van der Waals surface area contributed by atoms with E-state index in [-0.39, 0.29) is 11.3 Å². The van der Waals surface area contributed by atoms with Gasteiger partial charge in [-0.3, -0.25) is 4.79 Å². The second-order valence-electron chi connectivity index (χ2n) is 5.37. The molecule has 2 rings (SSSR count).